The first-order valence-electron chi connectivity index (χ1n) is 16.9. The zero-order valence-electron chi connectivity index (χ0n) is 27.5. The van der Waals surface area contributed by atoms with Crippen LogP contribution in [0.5, 0.6) is 5.75 Å². The van der Waals surface area contributed by atoms with Gasteiger partial charge >= 0.3 is 10.2 Å². The minimum atomic E-state index is -3.94. The quantitative estimate of drug-likeness (QED) is 0.376. The number of nitrogens with one attached hydrogen (secondary N) is 1. The Balaban J connectivity index is 1.38. The molecule has 2 saturated heterocycles. The Morgan fingerprint density at radius 2 is 1.66 bits per heavy atom. The first-order valence-corrected chi connectivity index (χ1v) is 18.4. The highest BCUT2D eigenvalue weighted by atomic mass is 32.2. The van der Waals surface area contributed by atoms with Crippen LogP contribution in [0.25, 0.3) is 28.2 Å². The highest BCUT2D eigenvalue weighted by Crippen LogP contribution is 2.47. The predicted octanol–water partition coefficient (Wildman–Crippen LogP) is 5.47. The van der Waals surface area contributed by atoms with Gasteiger partial charge in [-0.1, -0.05) is 25.3 Å². The van der Waals surface area contributed by atoms with E-state index in [4.69, 9.17) is 9.47 Å². The van der Waals surface area contributed by atoms with Crippen LogP contribution in [0.1, 0.15) is 86.2 Å². The lowest BCUT2D eigenvalue weighted by atomic mass is 9.81. The summed E-state index contributed by atoms with van der Waals surface area (Å²) < 4.78 is 43.4. The summed E-state index contributed by atoms with van der Waals surface area (Å²) >= 11 is 0. The summed E-state index contributed by atoms with van der Waals surface area (Å²) in [6.07, 6.45) is 9.07. The van der Waals surface area contributed by atoms with Gasteiger partial charge in [0.25, 0.3) is 11.8 Å². The van der Waals surface area contributed by atoms with E-state index in [1.165, 1.54) is 16.3 Å². The molecule has 3 fully saturated rings. The van der Waals surface area contributed by atoms with Gasteiger partial charge in [-0.25, -0.2) is 4.72 Å². The molecule has 1 saturated carbocycles. The number of carbonyl (C=O) groups is 2. The van der Waals surface area contributed by atoms with E-state index < -0.39 is 16.1 Å². The average molecular weight is 661 g/mol. The van der Waals surface area contributed by atoms with Gasteiger partial charge in [-0.2, -0.15) is 12.7 Å². The summed E-state index contributed by atoms with van der Waals surface area (Å²) in [5.74, 6) is 0.337. The summed E-state index contributed by atoms with van der Waals surface area (Å²) in [6, 6.07) is 11.5. The van der Waals surface area contributed by atoms with Crippen molar-refractivity contribution in [2.75, 3.05) is 33.3 Å². The molecule has 1 N–H and O–H groups in total. The standard InChI is InChI=1S/C36H44N4O6S/c1-23-20-38(21-24(2)46-23)36(42)28-17-27-18-29(45-3)12-14-30(27)34-33(25-9-5-4-6-10-25)31-13-11-26(19-32(31)40(34)22-28)35(41)37-47(43,44)39-15-7-8-16-39/h11-14,17-19,23-25H,4-10,15-16,20-22H2,1-3H3,(H,37,41)/t23-,24+. The Morgan fingerprint density at radius 1 is 0.936 bits per heavy atom. The molecular formula is C36H44N4O6S. The lowest BCUT2D eigenvalue weighted by Crippen LogP contribution is -2.48. The zero-order valence-corrected chi connectivity index (χ0v) is 28.3. The normalized spacial score (nSPS) is 22.4. The molecule has 0 spiro atoms. The van der Waals surface area contributed by atoms with Gasteiger partial charge in [-0.3, -0.25) is 9.59 Å². The molecule has 2 amide bonds. The Labute approximate surface area is 276 Å². The van der Waals surface area contributed by atoms with Crippen LogP contribution >= 0.6 is 0 Å². The molecular weight excluding hydrogens is 616 g/mol. The van der Waals surface area contributed by atoms with E-state index in [0.717, 1.165) is 66.2 Å². The number of aromatic nitrogens is 1. The monoisotopic (exact) mass is 660 g/mol. The second kappa shape index (κ2) is 12.7. The average Bonchev–Trinajstić information content (AvgIpc) is 3.68. The van der Waals surface area contributed by atoms with Crippen molar-refractivity contribution < 1.29 is 27.5 Å². The molecule has 0 unspecified atom stereocenters. The Hall–Kier alpha value is -3.67. The van der Waals surface area contributed by atoms with Gasteiger partial charge in [0.1, 0.15) is 5.75 Å². The lowest BCUT2D eigenvalue weighted by Gasteiger charge is -2.35. The molecule has 3 aliphatic heterocycles. The molecule has 1 aromatic heterocycles. The van der Waals surface area contributed by atoms with Gasteiger partial charge < -0.3 is 18.9 Å². The van der Waals surface area contributed by atoms with Crippen molar-refractivity contribution in [3.8, 4) is 17.0 Å². The van der Waals surface area contributed by atoms with Crippen LogP contribution in [-0.2, 0) is 26.3 Å². The molecule has 4 aliphatic rings. The fourth-order valence-electron chi connectivity index (χ4n) is 8.03. The number of carbonyl (C=O) groups excluding carboxylic acids is 2. The molecule has 0 bridgehead atoms. The van der Waals surface area contributed by atoms with Crippen LogP contribution in [0.15, 0.2) is 42.0 Å². The van der Waals surface area contributed by atoms with E-state index in [0.29, 0.717) is 50.0 Å². The minimum Gasteiger partial charge on any atom is -0.497 e. The Morgan fingerprint density at radius 3 is 2.36 bits per heavy atom. The molecule has 47 heavy (non-hydrogen) atoms. The van der Waals surface area contributed by atoms with E-state index in [9.17, 15) is 18.0 Å². The molecule has 1 aliphatic carbocycles. The summed E-state index contributed by atoms with van der Waals surface area (Å²) in [4.78, 5) is 29.7. The highest BCUT2D eigenvalue weighted by Gasteiger charge is 2.34. The number of hydrogen-bond acceptors (Lipinski definition) is 6. The third-order valence-electron chi connectivity index (χ3n) is 10.2. The van der Waals surface area contributed by atoms with Crippen molar-refractivity contribution in [1.82, 2.24) is 18.5 Å². The van der Waals surface area contributed by atoms with E-state index >= 15 is 0 Å². The van der Waals surface area contributed by atoms with Crippen LogP contribution < -0.4 is 9.46 Å². The summed E-state index contributed by atoms with van der Waals surface area (Å²) in [5.41, 5.74) is 5.93. The molecule has 4 heterocycles. The third kappa shape index (κ3) is 6.09. The van der Waals surface area contributed by atoms with Crippen molar-refractivity contribution in [3.63, 3.8) is 0 Å². The van der Waals surface area contributed by atoms with Gasteiger partial charge in [0.15, 0.2) is 0 Å². The molecule has 250 valence electrons. The maximum absolute atomic E-state index is 14.3. The summed E-state index contributed by atoms with van der Waals surface area (Å²) in [6.45, 7) is 6.12. The van der Waals surface area contributed by atoms with Crippen LogP contribution in [0.2, 0.25) is 0 Å². The lowest BCUT2D eigenvalue weighted by molar-refractivity contribution is -0.139. The highest BCUT2D eigenvalue weighted by molar-refractivity contribution is 7.87. The maximum Gasteiger partial charge on any atom is 0.304 e. The number of morpholine rings is 1. The van der Waals surface area contributed by atoms with Gasteiger partial charge in [0.05, 0.1) is 31.6 Å². The summed E-state index contributed by atoms with van der Waals surface area (Å²) in [7, 11) is -2.29. The number of fused-ring (bicyclic) bond motifs is 5. The molecule has 3 aromatic rings. The Bertz CT molecular complexity index is 1840. The predicted molar refractivity (Wildman–Crippen MR) is 182 cm³/mol. The second-order valence-corrected chi connectivity index (χ2v) is 15.2. The van der Waals surface area contributed by atoms with Crippen LogP contribution in [0.4, 0.5) is 0 Å². The van der Waals surface area contributed by atoms with Gasteiger partial charge in [-0.15, -0.1) is 0 Å². The first-order chi connectivity index (χ1) is 22.6. The van der Waals surface area contributed by atoms with Crippen molar-refractivity contribution >= 4 is 39.0 Å². The minimum absolute atomic E-state index is 0.0414. The number of amides is 2. The van der Waals surface area contributed by atoms with Gasteiger partial charge in [0, 0.05) is 53.8 Å². The van der Waals surface area contributed by atoms with Crippen molar-refractivity contribution in [3.05, 3.63) is 58.7 Å². The largest absolute Gasteiger partial charge is 0.497 e. The number of hydrogen-bond donors (Lipinski definition) is 1. The summed E-state index contributed by atoms with van der Waals surface area (Å²) in [5, 5.41) is 1.04. The third-order valence-corrected chi connectivity index (χ3v) is 11.6. The fourth-order valence-corrected chi connectivity index (χ4v) is 9.25. The van der Waals surface area contributed by atoms with Crippen molar-refractivity contribution in [2.45, 2.75) is 83.5 Å². The van der Waals surface area contributed by atoms with Crippen LogP contribution in [-0.4, -0.2) is 79.5 Å². The molecule has 0 radical (unpaired) electrons. The molecule has 10 nitrogen and oxygen atoms in total. The fraction of sp³-hybridized carbons (Fsp3) is 0.500. The van der Waals surface area contributed by atoms with Crippen LogP contribution in [0.3, 0.4) is 0 Å². The number of nitrogens with zero attached hydrogens (tertiary/aromatic N) is 3. The van der Waals surface area contributed by atoms with Crippen molar-refractivity contribution in [1.29, 1.82) is 0 Å². The maximum atomic E-state index is 14.3. The van der Waals surface area contributed by atoms with Gasteiger partial charge in [-0.05, 0) is 93.0 Å². The first kappa shape index (κ1) is 31.9. The number of methoxy groups -OCH3 is 1. The van der Waals surface area contributed by atoms with Crippen molar-refractivity contribution in [2.24, 2.45) is 0 Å². The molecule has 2 aromatic carbocycles. The van der Waals surface area contributed by atoms with E-state index in [1.807, 2.05) is 43.0 Å². The number of rotatable bonds is 6. The van der Waals surface area contributed by atoms with E-state index in [1.54, 1.807) is 19.2 Å². The molecule has 2 atom stereocenters. The van der Waals surface area contributed by atoms with Crippen LogP contribution in [0, 0.1) is 0 Å². The molecule has 11 heteroatoms. The molecule has 7 rings (SSSR count). The zero-order chi connectivity index (χ0) is 32.9. The van der Waals surface area contributed by atoms with E-state index in [-0.39, 0.29) is 23.7 Å². The smallest absolute Gasteiger partial charge is 0.304 e. The number of ether oxygens (including phenoxy) is 2. The number of benzene rings is 2. The topological polar surface area (TPSA) is 110 Å². The SMILES string of the molecule is COc1ccc2c(c1)C=C(C(=O)N1C[C@@H](C)O[C@@H](C)C1)Cn1c-2c(C2CCCCC2)c2ccc(C(=O)NS(=O)(=O)N3CCCC3)cc21. The van der Waals surface area contributed by atoms with E-state index in [2.05, 4.69) is 15.4 Å². The van der Waals surface area contributed by atoms with Gasteiger partial charge in [0.2, 0.25) is 0 Å². The Kier molecular flexibility index (Phi) is 8.65. The second-order valence-electron chi connectivity index (χ2n) is 13.5.